The van der Waals surface area contributed by atoms with Gasteiger partial charge in [-0.2, -0.15) is 4.99 Å². The topological polar surface area (TPSA) is 34.4 Å². The molecule has 0 atom stereocenters. The van der Waals surface area contributed by atoms with Gasteiger partial charge < -0.3 is 4.57 Å². The monoisotopic (exact) mass is 434 g/mol. The summed E-state index contributed by atoms with van der Waals surface area (Å²) in [6, 6.07) is 15.0. The molecule has 1 aromatic heterocycles. The van der Waals surface area contributed by atoms with Crippen molar-refractivity contribution in [3.05, 3.63) is 73.3 Å². The number of hydrogen-bond donors (Lipinski definition) is 0. The highest BCUT2D eigenvalue weighted by Gasteiger charge is 2.13. The molecule has 0 fully saturated rings. The summed E-state index contributed by atoms with van der Waals surface area (Å²) < 4.78 is 3.11. The van der Waals surface area contributed by atoms with E-state index in [1.165, 1.54) is 11.3 Å². The van der Waals surface area contributed by atoms with Gasteiger partial charge in [0, 0.05) is 26.5 Å². The molecule has 3 aromatic rings. The highest BCUT2D eigenvalue weighted by Crippen LogP contribution is 2.26. The molecule has 2 aromatic carbocycles. The zero-order valence-electron chi connectivity index (χ0n) is 13.8. The lowest BCUT2D eigenvalue weighted by atomic mass is 10.1. The molecule has 0 aliphatic heterocycles. The number of carbonyl (C=O) groups is 1. The van der Waals surface area contributed by atoms with E-state index in [1.54, 1.807) is 24.3 Å². The average molecular weight is 436 g/mol. The molecule has 0 bridgehead atoms. The second-order valence-electron chi connectivity index (χ2n) is 5.47. The third-order valence-corrected chi connectivity index (χ3v) is 5.54. The third kappa shape index (κ3) is 3.94. The van der Waals surface area contributed by atoms with Crippen molar-refractivity contribution in [1.29, 1.82) is 0 Å². The van der Waals surface area contributed by atoms with Crippen LogP contribution in [0.1, 0.15) is 22.2 Å². The van der Waals surface area contributed by atoms with Crippen LogP contribution in [0.15, 0.2) is 58.0 Å². The van der Waals surface area contributed by atoms with E-state index in [4.69, 9.17) is 11.6 Å². The van der Waals surface area contributed by atoms with Gasteiger partial charge in [0.15, 0.2) is 4.80 Å². The lowest BCUT2D eigenvalue weighted by Crippen LogP contribution is -2.17. The molecular weight excluding hydrogens is 420 g/mol. The number of rotatable bonds is 3. The van der Waals surface area contributed by atoms with Crippen molar-refractivity contribution in [2.24, 2.45) is 4.99 Å². The van der Waals surface area contributed by atoms with Crippen LogP contribution >= 0.6 is 38.9 Å². The van der Waals surface area contributed by atoms with Gasteiger partial charge in [0.2, 0.25) is 0 Å². The molecule has 0 aliphatic rings. The SMILES string of the molecule is CCn1c(-c2ccc(Br)cc2)c(C)sc1=NC(=O)c1cccc(Cl)c1. The summed E-state index contributed by atoms with van der Waals surface area (Å²) >= 11 is 11.0. The van der Waals surface area contributed by atoms with Gasteiger partial charge in [0.25, 0.3) is 5.91 Å². The zero-order valence-corrected chi connectivity index (χ0v) is 17.0. The van der Waals surface area contributed by atoms with Crippen molar-refractivity contribution < 1.29 is 4.79 Å². The number of thiazole rings is 1. The maximum atomic E-state index is 12.5. The van der Waals surface area contributed by atoms with Gasteiger partial charge in [-0.3, -0.25) is 4.79 Å². The number of aromatic nitrogens is 1. The summed E-state index contributed by atoms with van der Waals surface area (Å²) in [6.45, 7) is 4.84. The molecule has 0 saturated heterocycles. The predicted molar refractivity (Wildman–Crippen MR) is 107 cm³/mol. The minimum Gasteiger partial charge on any atom is -0.316 e. The maximum absolute atomic E-state index is 12.5. The number of benzene rings is 2. The van der Waals surface area contributed by atoms with Crippen molar-refractivity contribution in [2.45, 2.75) is 20.4 Å². The van der Waals surface area contributed by atoms with Gasteiger partial charge >= 0.3 is 0 Å². The fourth-order valence-corrected chi connectivity index (χ4v) is 4.15. The van der Waals surface area contributed by atoms with E-state index in [0.717, 1.165) is 27.2 Å². The van der Waals surface area contributed by atoms with Crippen LogP contribution in [0.2, 0.25) is 5.02 Å². The average Bonchev–Trinajstić information content (AvgIpc) is 2.90. The highest BCUT2D eigenvalue weighted by atomic mass is 79.9. The van der Waals surface area contributed by atoms with Crippen LogP contribution in [0, 0.1) is 6.92 Å². The molecular formula is C19H16BrClN2OS. The number of hydrogen-bond acceptors (Lipinski definition) is 2. The molecule has 0 N–H and O–H groups in total. The molecule has 3 rings (SSSR count). The second kappa shape index (κ2) is 7.68. The van der Waals surface area contributed by atoms with Crippen LogP contribution in [0.3, 0.4) is 0 Å². The van der Waals surface area contributed by atoms with Crippen molar-refractivity contribution in [3.8, 4) is 11.3 Å². The van der Waals surface area contributed by atoms with Crippen molar-refractivity contribution in [1.82, 2.24) is 4.57 Å². The fourth-order valence-electron chi connectivity index (χ4n) is 2.64. The molecule has 25 heavy (non-hydrogen) atoms. The summed E-state index contributed by atoms with van der Waals surface area (Å²) in [7, 11) is 0. The summed E-state index contributed by atoms with van der Waals surface area (Å²) in [6.07, 6.45) is 0. The van der Waals surface area contributed by atoms with Crippen LogP contribution in [0.4, 0.5) is 0 Å². The van der Waals surface area contributed by atoms with E-state index in [9.17, 15) is 4.79 Å². The standard InChI is InChI=1S/C19H16BrClN2OS/c1-3-23-17(13-7-9-15(20)10-8-13)12(2)25-19(23)22-18(24)14-5-4-6-16(21)11-14/h4-11H,3H2,1-2H3. The minimum atomic E-state index is -0.284. The van der Waals surface area contributed by atoms with E-state index in [2.05, 4.69) is 51.5 Å². The summed E-state index contributed by atoms with van der Waals surface area (Å²) in [5.41, 5.74) is 2.69. The first kappa shape index (κ1) is 18.1. The van der Waals surface area contributed by atoms with Crippen LogP contribution in [0.25, 0.3) is 11.3 Å². The van der Waals surface area contributed by atoms with Gasteiger partial charge in [0.1, 0.15) is 0 Å². The fraction of sp³-hybridized carbons (Fsp3) is 0.158. The van der Waals surface area contributed by atoms with E-state index >= 15 is 0 Å². The molecule has 1 amide bonds. The number of carbonyl (C=O) groups excluding carboxylic acids is 1. The molecule has 3 nitrogen and oxygen atoms in total. The summed E-state index contributed by atoms with van der Waals surface area (Å²) in [5, 5.41) is 0.530. The van der Waals surface area contributed by atoms with Crippen LogP contribution in [0.5, 0.6) is 0 Å². The van der Waals surface area contributed by atoms with Crippen molar-refractivity contribution in [3.63, 3.8) is 0 Å². The van der Waals surface area contributed by atoms with Crippen molar-refractivity contribution >= 4 is 44.8 Å². The Labute approximate surface area is 163 Å². The molecule has 0 aliphatic carbocycles. The largest absolute Gasteiger partial charge is 0.316 e. The molecule has 128 valence electrons. The van der Waals surface area contributed by atoms with Gasteiger partial charge in [-0.15, -0.1) is 11.3 Å². The molecule has 0 radical (unpaired) electrons. The Hall–Kier alpha value is -1.69. The van der Waals surface area contributed by atoms with Gasteiger partial charge in [0.05, 0.1) is 5.69 Å². The van der Waals surface area contributed by atoms with Crippen LogP contribution in [-0.4, -0.2) is 10.5 Å². The Bertz CT molecular complexity index is 989. The summed E-state index contributed by atoms with van der Waals surface area (Å²) in [4.78, 5) is 18.7. The molecule has 1 heterocycles. The van der Waals surface area contributed by atoms with E-state index in [0.29, 0.717) is 15.4 Å². The van der Waals surface area contributed by atoms with Crippen LogP contribution in [-0.2, 0) is 6.54 Å². The van der Waals surface area contributed by atoms with Gasteiger partial charge in [-0.05, 0) is 49.7 Å². The Morgan fingerprint density at radius 3 is 2.60 bits per heavy atom. The summed E-state index contributed by atoms with van der Waals surface area (Å²) in [5.74, 6) is -0.284. The molecule has 6 heteroatoms. The smallest absolute Gasteiger partial charge is 0.279 e. The lowest BCUT2D eigenvalue weighted by molar-refractivity contribution is 0.0998. The van der Waals surface area contributed by atoms with E-state index < -0.39 is 0 Å². The maximum Gasteiger partial charge on any atom is 0.279 e. The van der Waals surface area contributed by atoms with Crippen LogP contribution < -0.4 is 4.80 Å². The number of halogens is 2. The second-order valence-corrected chi connectivity index (χ2v) is 8.00. The zero-order chi connectivity index (χ0) is 18.0. The predicted octanol–water partition coefficient (Wildman–Crippen LogP) is 5.70. The van der Waals surface area contributed by atoms with E-state index in [-0.39, 0.29) is 5.91 Å². The Morgan fingerprint density at radius 2 is 1.96 bits per heavy atom. The van der Waals surface area contributed by atoms with Gasteiger partial charge in [-0.1, -0.05) is 45.7 Å². The first-order valence-electron chi connectivity index (χ1n) is 7.80. The Morgan fingerprint density at radius 1 is 1.24 bits per heavy atom. The van der Waals surface area contributed by atoms with E-state index in [1.807, 2.05) is 12.1 Å². The Balaban J connectivity index is 2.10. The third-order valence-electron chi connectivity index (χ3n) is 3.78. The number of aryl methyl sites for hydroxylation is 1. The Kier molecular flexibility index (Phi) is 5.57. The number of amides is 1. The minimum absolute atomic E-state index is 0.284. The normalized spacial score (nSPS) is 11.8. The lowest BCUT2D eigenvalue weighted by Gasteiger charge is -2.07. The van der Waals surface area contributed by atoms with Crippen molar-refractivity contribution in [2.75, 3.05) is 0 Å². The first-order valence-corrected chi connectivity index (χ1v) is 9.79. The highest BCUT2D eigenvalue weighted by molar-refractivity contribution is 9.10. The number of nitrogens with zero attached hydrogens (tertiary/aromatic N) is 2. The molecule has 0 spiro atoms. The quantitative estimate of drug-likeness (QED) is 0.519. The molecule has 0 saturated carbocycles. The molecule has 0 unspecified atom stereocenters. The first-order chi connectivity index (χ1) is 12.0. The van der Waals surface area contributed by atoms with Gasteiger partial charge in [-0.25, -0.2) is 0 Å².